The van der Waals surface area contributed by atoms with Gasteiger partial charge in [-0.15, -0.1) is 0 Å². The average Bonchev–Trinajstić information content (AvgIpc) is 2.82. The largest absolute Gasteiger partial charge is 0.490 e. The highest BCUT2D eigenvalue weighted by molar-refractivity contribution is 6.34. The van der Waals surface area contributed by atoms with E-state index < -0.39 is 5.97 Å². The maximum absolute atomic E-state index is 11.4. The summed E-state index contributed by atoms with van der Waals surface area (Å²) in [6.45, 7) is 2.84. The van der Waals surface area contributed by atoms with Crippen molar-refractivity contribution >= 4 is 17.6 Å². The van der Waals surface area contributed by atoms with Gasteiger partial charge in [0, 0.05) is 6.20 Å². The third-order valence-electron chi connectivity index (χ3n) is 3.18. The number of aromatic amines is 1. The molecule has 0 saturated heterocycles. The van der Waals surface area contributed by atoms with Gasteiger partial charge in [0.05, 0.1) is 13.7 Å². The normalized spacial score (nSPS) is 10.6. The van der Waals surface area contributed by atoms with Crippen LogP contribution < -0.4 is 4.74 Å². The van der Waals surface area contributed by atoms with Gasteiger partial charge in [-0.3, -0.25) is 0 Å². The molecule has 1 rings (SSSR count). The van der Waals surface area contributed by atoms with Gasteiger partial charge in [0.15, 0.2) is 5.75 Å². The SMILES string of the molecule is CCCCCCCCCOc1c[nH]c(C(=O)OC)c1Cl. The monoisotopic (exact) mass is 301 g/mol. The molecular weight excluding hydrogens is 278 g/mol. The van der Waals surface area contributed by atoms with Crippen molar-refractivity contribution in [1.29, 1.82) is 0 Å². The van der Waals surface area contributed by atoms with Crippen molar-refractivity contribution in [3.63, 3.8) is 0 Å². The van der Waals surface area contributed by atoms with E-state index in [2.05, 4.69) is 16.6 Å². The first kappa shape index (κ1) is 16.9. The summed E-state index contributed by atoms with van der Waals surface area (Å²) < 4.78 is 10.2. The molecule has 1 aromatic rings. The Morgan fingerprint density at radius 2 is 1.85 bits per heavy atom. The van der Waals surface area contributed by atoms with Crippen molar-refractivity contribution in [2.24, 2.45) is 0 Å². The average molecular weight is 302 g/mol. The van der Waals surface area contributed by atoms with Crippen molar-refractivity contribution in [3.05, 3.63) is 16.9 Å². The highest BCUT2D eigenvalue weighted by Crippen LogP contribution is 2.28. The van der Waals surface area contributed by atoms with Crippen molar-refractivity contribution in [2.45, 2.75) is 51.9 Å². The van der Waals surface area contributed by atoms with E-state index in [0.29, 0.717) is 17.4 Å². The molecule has 0 aromatic carbocycles. The molecule has 0 atom stereocenters. The summed E-state index contributed by atoms with van der Waals surface area (Å²) >= 11 is 6.04. The standard InChI is InChI=1S/C15H24ClNO3/c1-3-4-5-6-7-8-9-10-20-12-11-17-14(13(12)16)15(18)19-2/h11,17H,3-10H2,1-2H3. The highest BCUT2D eigenvalue weighted by atomic mass is 35.5. The van der Waals surface area contributed by atoms with E-state index in [4.69, 9.17) is 16.3 Å². The highest BCUT2D eigenvalue weighted by Gasteiger charge is 2.17. The molecule has 114 valence electrons. The van der Waals surface area contributed by atoms with E-state index in [1.165, 1.54) is 39.2 Å². The molecule has 0 radical (unpaired) electrons. The molecule has 5 heteroatoms. The van der Waals surface area contributed by atoms with Crippen LogP contribution in [0.4, 0.5) is 0 Å². The first-order chi connectivity index (χ1) is 9.70. The lowest BCUT2D eigenvalue weighted by atomic mass is 10.1. The van der Waals surface area contributed by atoms with Crippen LogP contribution in [0.5, 0.6) is 5.75 Å². The van der Waals surface area contributed by atoms with Gasteiger partial charge < -0.3 is 14.5 Å². The Morgan fingerprint density at radius 3 is 2.50 bits per heavy atom. The van der Waals surface area contributed by atoms with Crippen LogP contribution in [0.3, 0.4) is 0 Å². The van der Waals surface area contributed by atoms with E-state index in [1.807, 2.05) is 0 Å². The predicted octanol–water partition coefficient (Wildman–Crippen LogP) is 4.58. The fourth-order valence-electron chi connectivity index (χ4n) is 1.98. The molecule has 0 spiro atoms. The van der Waals surface area contributed by atoms with E-state index in [0.717, 1.165) is 12.8 Å². The van der Waals surface area contributed by atoms with E-state index in [1.54, 1.807) is 6.20 Å². The minimum Gasteiger partial charge on any atom is -0.490 e. The number of unbranched alkanes of at least 4 members (excludes halogenated alkanes) is 6. The number of methoxy groups -OCH3 is 1. The Bertz CT molecular complexity index is 404. The number of hydrogen-bond donors (Lipinski definition) is 1. The minimum atomic E-state index is -0.485. The van der Waals surface area contributed by atoms with Gasteiger partial charge in [0.25, 0.3) is 0 Å². The molecule has 0 fully saturated rings. The molecule has 1 aromatic heterocycles. The van der Waals surface area contributed by atoms with Gasteiger partial charge in [-0.1, -0.05) is 57.0 Å². The molecule has 0 saturated carbocycles. The Morgan fingerprint density at radius 1 is 1.20 bits per heavy atom. The molecule has 0 aliphatic rings. The number of ether oxygens (including phenoxy) is 2. The lowest BCUT2D eigenvalue weighted by Gasteiger charge is -2.05. The Hall–Kier alpha value is -1.16. The molecule has 0 bridgehead atoms. The molecule has 1 N–H and O–H groups in total. The molecular formula is C15H24ClNO3. The van der Waals surface area contributed by atoms with E-state index in [9.17, 15) is 4.79 Å². The van der Waals surface area contributed by atoms with Crippen LogP contribution >= 0.6 is 11.6 Å². The number of halogens is 1. The summed E-state index contributed by atoms with van der Waals surface area (Å²) in [7, 11) is 1.32. The molecule has 0 aliphatic heterocycles. The zero-order valence-corrected chi connectivity index (χ0v) is 13.1. The fourth-order valence-corrected chi connectivity index (χ4v) is 2.23. The van der Waals surface area contributed by atoms with Crippen LogP contribution in [0, 0.1) is 0 Å². The number of hydrogen-bond acceptors (Lipinski definition) is 3. The molecule has 0 aliphatic carbocycles. The number of carbonyl (C=O) groups excluding carboxylic acids is 1. The molecule has 0 amide bonds. The van der Waals surface area contributed by atoms with Gasteiger partial charge in [-0.2, -0.15) is 0 Å². The van der Waals surface area contributed by atoms with E-state index >= 15 is 0 Å². The zero-order valence-electron chi connectivity index (χ0n) is 12.3. The quantitative estimate of drug-likeness (QED) is 0.508. The maximum atomic E-state index is 11.4. The molecule has 4 nitrogen and oxygen atoms in total. The number of carbonyl (C=O) groups is 1. The number of nitrogens with one attached hydrogen (secondary N) is 1. The van der Waals surface area contributed by atoms with Crippen LogP contribution in [0.2, 0.25) is 5.02 Å². The van der Waals surface area contributed by atoms with Gasteiger partial charge in [-0.05, 0) is 6.42 Å². The van der Waals surface area contributed by atoms with E-state index in [-0.39, 0.29) is 5.69 Å². The Balaban J connectivity index is 2.19. The Labute approximate surface area is 125 Å². The summed E-state index contributed by atoms with van der Waals surface area (Å²) in [5.74, 6) is 0.0267. The summed E-state index contributed by atoms with van der Waals surface area (Å²) in [5.41, 5.74) is 0.240. The summed E-state index contributed by atoms with van der Waals surface area (Å²) in [6.07, 6.45) is 10.2. The third-order valence-corrected chi connectivity index (χ3v) is 3.55. The second kappa shape index (κ2) is 9.70. The summed E-state index contributed by atoms with van der Waals surface area (Å²) in [6, 6.07) is 0. The fraction of sp³-hybridized carbons (Fsp3) is 0.667. The third kappa shape index (κ3) is 5.45. The van der Waals surface area contributed by atoms with Crippen LogP contribution in [-0.2, 0) is 4.74 Å². The van der Waals surface area contributed by atoms with Crippen molar-refractivity contribution in [3.8, 4) is 5.75 Å². The molecule has 1 heterocycles. The topological polar surface area (TPSA) is 51.3 Å². The predicted molar refractivity (Wildman–Crippen MR) is 80.6 cm³/mol. The first-order valence-electron chi connectivity index (χ1n) is 7.28. The number of aromatic nitrogens is 1. The van der Waals surface area contributed by atoms with Crippen LogP contribution in [0.1, 0.15) is 62.4 Å². The molecule has 20 heavy (non-hydrogen) atoms. The zero-order chi connectivity index (χ0) is 14.8. The van der Waals surface area contributed by atoms with Gasteiger partial charge in [0.1, 0.15) is 10.7 Å². The van der Waals surface area contributed by atoms with Gasteiger partial charge >= 0.3 is 5.97 Å². The van der Waals surface area contributed by atoms with Crippen molar-refractivity contribution in [1.82, 2.24) is 4.98 Å². The number of rotatable bonds is 10. The smallest absolute Gasteiger partial charge is 0.356 e. The second-order valence-corrected chi connectivity index (χ2v) is 5.18. The first-order valence-corrected chi connectivity index (χ1v) is 7.66. The number of H-pyrrole nitrogens is 1. The van der Waals surface area contributed by atoms with Gasteiger partial charge in [-0.25, -0.2) is 4.79 Å². The minimum absolute atomic E-state index is 0.240. The lowest BCUT2D eigenvalue weighted by molar-refractivity contribution is 0.0595. The summed E-state index contributed by atoms with van der Waals surface area (Å²) in [4.78, 5) is 14.1. The maximum Gasteiger partial charge on any atom is 0.356 e. The van der Waals surface area contributed by atoms with Crippen LogP contribution in [-0.4, -0.2) is 24.7 Å². The lowest BCUT2D eigenvalue weighted by Crippen LogP contribution is -2.02. The number of esters is 1. The molecule has 0 unspecified atom stereocenters. The summed E-state index contributed by atoms with van der Waals surface area (Å²) in [5, 5.41) is 0.291. The van der Waals surface area contributed by atoms with Gasteiger partial charge in [0.2, 0.25) is 0 Å². The van der Waals surface area contributed by atoms with Crippen molar-refractivity contribution < 1.29 is 14.3 Å². The second-order valence-electron chi connectivity index (χ2n) is 4.80. The van der Waals surface area contributed by atoms with Crippen LogP contribution in [0.25, 0.3) is 0 Å². The van der Waals surface area contributed by atoms with Crippen molar-refractivity contribution in [2.75, 3.05) is 13.7 Å². The Kier molecular flexibility index (Phi) is 8.19. The van der Waals surface area contributed by atoms with Crippen LogP contribution in [0.15, 0.2) is 6.20 Å².